The quantitative estimate of drug-likeness (QED) is 0.849. The van der Waals surface area contributed by atoms with Crippen LogP contribution in [0, 0.1) is 12.8 Å². The van der Waals surface area contributed by atoms with Gasteiger partial charge < -0.3 is 9.84 Å². The summed E-state index contributed by atoms with van der Waals surface area (Å²) in [5.41, 5.74) is 2.10. The van der Waals surface area contributed by atoms with Crippen molar-refractivity contribution < 1.29 is 14.6 Å². The van der Waals surface area contributed by atoms with Gasteiger partial charge in [0.15, 0.2) is 0 Å². The lowest BCUT2D eigenvalue weighted by atomic mass is 9.80. The van der Waals surface area contributed by atoms with Crippen molar-refractivity contribution in [3.05, 3.63) is 34.9 Å². The van der Waals surface area contributed by atoms with Crippen LogP contribution in [0.3, 0.4) is 0 Å². The van der Waals surface area contributed by atoms with Gasteiger partial charge in [0.05, 0.1) is 12.5 Å². The summed E-state index contributed by atoms with van der Waals surface area (Å²) in [5, 5.41) is 11.0. The van der Waals surface area contributed by atoms with Crippen LogP contribution in [0.5, 0.6) is 0 Å². The second kappa shape index (κ2) is 5.33. The number of aliphatic hydroxyl groups is 1. The van der Waals surface area contributed by atoms with E-state index in [1.54, 1.807) is 6.92 Å². The lowest BCUT2D eigenvalue weighted by Gasteiger charge is -2.31. The number of esters is 1. The average Bonchev–Trinajstić information content (AvgIpc) is 2.69. The maximum absolute atomic E-state index is 12.1. The van der Waals surface area contributed by atoms with Crippen molar-refractivity contribution in [2.75, 3.05) is 6.61 Å². The predicted octanol–water partition coefficient (Wildman–Crippen LogP) is 2.72. The first-order chi connectivity index (χ1) is 9.02. The molecule has 1 aliphatic carbocycles. The van der Waals surface area contributed by atoms with Crippen LogP contribution in [0.25, 0.3) is 0 Å². The molecule has 0 bridgehead atoms. The van der Waals surface area contributed by atoms with Gasteiger partial charge in [0.2, 0.25) is 0 Å². The Bertz CT molecular complexity index is 481. The first kappa shape index (κ1) is 14.1. The van der Waals surface area contributed by atoms with Crippen LogP contribution in [0.1, 0.15) is 43.4 Å². The van der Waals surface area contributed by atoms with E-state index in [0.29, 0.717) is 19.4 Å². The number of ether oxygens (including phenoxy) is 1. The molecule has 1 N–H and O–H groups in total. The first-order valence-electron chi connectivity index (χ1n) is 7.02. The van der Waals surface area contributed by atoms with Gasteiger partial charge in [-0.25, -0.2) is 0 Å². The van der Waals surface area contributed by atoms with Crippen molar-refractivity contribution in [2.24, 2.45) is 5.92 Å². The molecule has 2 rings (SSSR count). The average molecular weight is 262 g/mol. The van der Waals surface area contributed by atoms with Crippen LogP contribution in [0.15, 0.2) is 18.2 Å². The van der Waals surface area contributed by atoms with Crippen LogP contribution >= 0.6 is 0 Å². The van der Waals surface area contributed by atoms with Gasteiger partial charge in [0.25, 0.3) is 0 Å². The van der Waals surface area contributed by atoms with E-state index in [0.717, 1.165) is 23.1 Å². The van der Waals surface area contributed by atoms with E-state index >= 15 is 0 Å². The van der Waals surface area contributed by atoms with E-state index in [9.17, 15) is 9.90 Å². The van der Waals surface area contributed by atoms with E-state index < -0.39 is 11.5 Å². The highest BCUT2D eigenvalue weighted by atomic mass is 16.5. The molecule has 19 heavy (non-hydrogen) atoms. The normalized spacial score (nSPS) is 22.9. The molecule has 3 nitrogen and oxygen atoms in total. The van der Waals surface area contributed by atoms with E-state index in [4.69, 9.17) is 4.74 Å². The predicted molar refractivity (Wildman–Crippen MR) is 73.8 cm³/mol. The number of rotatable bonds is 4. The molecule has 3 heteroatoms. The molecule has 1 aromatic rings. The van der Waals surface area contributed by atoms with Gasteiger partial charge in [0.1, 0.15) is 5.60 Å². The Hall–Kier alpha value is -1.35. The van der Waals surface area contributed by atoms with Gasteiger partial charge >= 0.3 is 5.97 Å². The zero-order valence-corrected chi connectivity index (χ0v) is 11.9. The van der Waals surface area contributed by atoms with Crippen LogP contribution < -0.4 is 0 Å². The lowest BCUT2D eigenvalue weighted by molar-refractivity contribution is -0.159. The van der Waals surface area contributed by atoms with Gasteiger partial charge in [-0.1, -0.05) is 30.7 Å². The molecule has 104 valence electrons. The summed E-state index contributed by atoms with van der Waals surface area (Å²) < 4.78 is 5.12. The second-order valence-corrected chi connectivity index (χ2v) is 5.30. The summed E-state index contributed by atoms with van der Waals surface area (Å²) >= 11 is 0. The topological polar surface area (TPSA) is 46.5 Å². The maximum Gasteiger partial charge on any atom is 0.312 e. The van der Waals surface area contributed by atoms with Crippen molar-refractivity contribution in [1.29, 1.82) is 0 Å². The van der Waals surface area contributed by atoms with Gasteiger partial charge in [-0.15, -0.1) is 0 Å². The summed E-state index contributed by atoms with van der Waals surface area (Å²) in [6.45, 7) is 6.07. The Morgan fingerprint density at radius 2 is 2.21 bits per heavy atom. The van der Waals surface area contributed by atoms with Crippen LogP contribution in [-0.2, 0) is 21.6 Å². The summed E-state index contributed by atoms with van der Waals surface area (Å²) in [6.07, 6.45) is 2.01. The third-order valence-electron chi connectivity index (χ3n) is 4.06. The van der Waals surface area contributed by atoms with Gasteiger partial charge in [-0.2, -0.15) is 0 Å². The standard InChI is InChI=1S/C16H22O3/c1-4-13(15(17)19-5-2)16(18)9-8-12-7-6-11(3)10-14(12)16/h6-7,10,13,18H,4-5,8-9H2,1-3H3. The molecule has 0 aliphatic heterocycles. The summed E-state index contributed by atoms with van der Waals surface area (Å²) in [4.78, 5) is 12.1. The first-order valence-corrected chi connectivity index (χ1v) is 7.02. The lowest BCUT2D eigenvalue weighted by Crippen LogP contribution is -2.38. The molecule has 0 spiro atoms. The monoisotopic (exact) mass is 262 g/mol. The van der Waals surface area contributed by atoms with Gasteiger partial charge in [0, 0.05) is 0 Å². The van der Waals surface area contributed by atoms with Crippen LogP contribution in [0.2, 0.25) is 0 Å². The molecule has 0 saturated heterocycles. The zero-order chi connectivity index (χ0) is 14.0. The number of hydrogen-bond acceptors (Lipinski definition) is 3. The maximum atomic E-state index is 12.1. The number of fused-ring (bicyclic) bond motifs is 1. The molecule has 1 aliphatic rings. The van der Waals surface area contributed by atoms with E-state index in [2.05, 4.69) is 12.1 Å². The highest BCUT2D eigenvalue weighted by molar-refractivity contribution is 5.74. The van der Waals surface area contributed by atoms with Crippen molar-refractivity contribution in [3.8, 4) is 0 Å². The van der Waals surface area contributed by atoms with Crippen molar-refractivity contribution in [1.82, 2.24) is 0 Å². The number of carbonyl (C=O) groups excluding carboxylic acids is 1. The highest BCUT2D eigenvalue weighted by Crippen LogP contribution is 2.44. The van der Waals surface area contributed by atoms with Crippen molar-refractivity contribution >= 4 is 5.97 Å². The Balaban J connectivity index is 2.39. The molecule has 0 amide bonds. The largest absolute Gasteiger partial charge is 0.466 e. The summed E-state index contributed by atoms with van der Waals surface area (Å²) in [6, 6.07) is 6.11. The fourth-order valence-corrected chi connectivity index (χ4v) is 3.08. The van der Waals surface area contributed by atoms with Gasteiger partial charge in [-0.05, 0) is 44.2 Å². The fraction of sp³-hybridized carbons (Fsp3) is 0.562. The summed E-state index contributed by atoms with van der Waals surface area (Å²) in [7, 11) is 0. The highest BCUT2D eigenvalue weighted by Gasteiger charge is 2.46. The fourth-order valence-electron chi connectivity index (χ4n) is 3.08. The molecule has 2 atom stereocenters. The van der Waals surface area contributed by atoms with Crippen molar-refractivity contribution in [3.63, 3.8) is 0 Å². The molecule has 0 aromatic heterocycles. The number of carbonyl (C=O) groups is 1. The zero-order valence-electron chi connectivity index (χ0n) is 11.9. The minimum atomic E-state index is -1.07. The van der Waals surface area contributed by atoms with Crippen LogP contribution in [-0.4, -0.2) is 17.7 Å². The molecule has 2 unspecified atom stereocenters. The summed E-state index contributed by atoms with van der Waals surface area (Å²) in [5.74, 6) is -0.766. The Kier molecular flexibility index (Phi) is 3.95. The Labute approximate surface area is 114 Å². The van der Waals surface area contributed by atoms with E-state index in [1.165, 1.54) is 0 Å². The molecular weight excluding hydrogens is 240 g/mol. The molecule has 0 fully saturated rings. The van der Waals surface area contributed by atoms with Crippen molar-refractivity contribution in [2.45, 2.75) is 45.6 Å². The Morgan fingerprint density at radius 1 is 1.47 bits per heavy atom. The van der Waals surface area contributed by atoms with Crippen LogP contribution in [0.4, 0.5) is 0 Å². The van der Waals surface area contributed by atoms with Gasteiger partial charge in [-0.3, -0.25) is 4.79 Å². The molecule has 0 heterocycles. The number of benzene rings is 1. The molecule has 0 radical (unpaired) electrons. The third-order valence-corrected chi connectivity index (χ3v) is 4.06. The SMILES string of the molecule is CCOC(=O)C(CC)C1(O)CCc2ccc(C)cc21. The van der Waals surface area contributed by atoms with E-state index in [1.807, 2.05) is 19.9 Å². The number of hydrogen-bond donors (Lipinski definition) is 1. The molecule has 1 aromatic carbocycles. The Morgan fingerprint density at radius 3 is 2.84 bits per heavy atom. The van der Waals surface area contributed by atoms with E-state index in [-0.39, 0.29) is 5.97 Å². The molecule has 0 saturated carbocycles. The minimum Gasteiger partial charge on any atom is -0.466 e. The number of aryl methyl sites for hydroxylation is 2. The third kappa shape index (κ3) is 2.39. The second-order valence-electron chi connectivity index (χ2n) is 5.30. The smallest absolute Gasteiger partial charge is 0.312 e. The molecular formula is C16H22O3. The minimum absolute atomic E-state index is 0.290.